The summed E-state index contributed by atoms with van der Waals surface area (Å²) in [4.78, 5) is 26.9. The number of carbonyl (C=O) groups is 2. The standard InChI is InChI=1S/C28H30N2O3S/c1-4-28(2,3)19-13-14-21-22(16-19)34-26-23(21)25(31)29-24(30-26)18-11-8-12-20(15-18)33-27(32)17-9-6-5-7-10-17/h5-12,15,19,24,30H,4,13-14,16H2,1-3H3,(H,29,31)/t19-,24-/m0/s1. The Morgan fingerprint density at radius 2 is 1.91 bits per heavy atom. The monoisotopic (exact) mass is 474 g/mol. The third kappa shape index (κ3) is 4.23. The third-order valence-electron chi connectivity index (χ3n) is 7.47. The molecule has 1 amide bonds. The molecule has 2 aliphatic rings. The van der Waals surface area contributed by atoms with Gasteiger partial charge in [-0.2, -0.15) is 0 Å². The van der Waals surface area contributed by atoms with Gasteiger partial charge in [-0.1, -0.05) is 57.5 Å². The summed E-state index contributed by atoms with van der Waals surface area (Å²) in [5.41, 5.74) is 3.68. The van der Waals surface area contributed by atoms with E-state index in [1.165, 1.54) is 10.4 Å². The van der Waals surface area contributed by atoms with Crippen molar-refractivity contribution in [3.05, 3.63) is 81.7 Å². The summed E-state index contributed by atoms with van der Waals surface area (Å²) in [7, 11) is 0. The summed E-state index contributed by atoms with van der Waals surface area (Å²) < 4.78 is 5.57. The molecule has 2 N–H and O–H groups in total. The summed E-state index contributed by atoms with van der Waals surface area (Å²) in [5.74, 6) is 0.649. The summed E-state index contributed by atoms with van der Waals surface area (Å²) in [6.45, 7) is 6.98. The van der Waals surface area contributed by atoms with Gasteiger partial charge in [0.25, 0.3) is 5.91 Å². The Bertz CT molecular complexity index is 1230. The Morgan fingerprint density at radius 1 is 1.12 bits per heavy atom. The smallest absolute Gasteiger partial charge is 0.343 e. The van der Waals surface area contributed by atoms with Crippen LogP contribution in [0.15, 0.2) is 54.6 Å². The maximum atomic E-state index is 13.2. The van der Waals surface area contributed by atoms with Crippen molar-refractivity contribution in [3.63, 3.8) is 0 Å². The van der Waals surface area contributed by atoms with Gasteiger partial charge in [0.05, 0.1) is 11.1 Å². The first-order valence-electron chi connectivity index (χ1n) is 11.9. The molecule has 5 nitrogen and oxygen atoms in total. The first kappa shape index (κ1) is 22.7. The number of benzene rings is 2. The highest BCUT2D eigenvalue weighted by Gasteiger charge is 2.37. The number of carbonyl (C=O) groups excluding carboxylic acids is 2. The van der Waals surface area contributed by atoms with E-state index in [1.807, 2.05) is 18.2 Å². The fourth-order valence-corrected chi connectivity index (χ4v) is 6.27. The molecule has 2 heterocycles. The molecule has 34 heavy (non-hydrogen) atoms. The molecule has 2 atom stereocenters. The SMILES string of the molecule is CCC(C)(C)[C@H]1CCc2c(sc3c2C(=O)N[C@H](c2cccc(OC(=O)c4ccccc4)c2)N3)C1. The first-order chi connectivity index (χ1) is 16.4. The topological polar surface area (TPSA) is 67.4 Å². The number of ether oxygens (including phenoxy) is 1. The Hall–Kier alpha value is -3.12. The number of nitrogens with one attached hydrogen (secondary N) is 2. The van der Waals surface area contributed by atoms with Crippen LogP contribution in [0.2, 0.25) is 0 Å². The molecule has 0 spiro atoms. The second-order valence-electron chi connectivity index (χ2n) is 9.87. The van der Waals surface area contributed by atoms with Crippen LogP contribution < -0.4 is 15.4 Å². The lowest BCUT2D eigenvalue weighted by molar-refractivity contribution is 0.0734. The van der Waals surface area contributed by atoms with Crippen molar-refractivity contribution in [2.24, 2.45) is 11.3 Å². The minimum absolute atomic E-state index is 0.0314. The number of anilines is 1. The second kappa shape index (κ2) is 8.91. The highest BCUT2D eigenvalue weighted by Crippen LogP contribution is 2.47. The summed E-state index contributed by atoms with van der Waals surface area (Å²) >= 11 is 1.73. The van der Waals surface area contributed by atoms with Gasteiger partial charge in [-0.25, -0.2) is 4.79 Å². The zero-order chi connectivity index (χ0) is 23.9. The van der Waals surface area contributed by atoms with Crippen LogP contribution in [0.1, 0.15) is 76.5 Å². The van der Waals surface area contributed by atoms with Gasteiger partial charge in [0.1, 0.15) is 16.9 Å². The fraction of sp³-hybridized carbons (Fsp3) is 0.357. The van der Waals surface area contributed by atoms with Gasteiger partial charge in [0.2, 0.25) is 0 Å². The molecule has 0 bridgehead atoms. The summed E-state index contributed by atoms with van der Waals surface area (Å²) in [6, 6.07) is 16.2. The van der Waals surface area contributed by atoms with E-state index in [2.05, 4.69) is 31.4 Å². The molecule has 176 valence electrons. The molecule has 3 aromatic rings. The predicted octanol–water partition coefficient (Wildman–Crippen LogP) is 6.36. The number of hydrogen-bond acceptors (Lipinski definition) is 5. The Morgan fingerprint density at radius 3 is 2.68 bits per heavy atom. The van der Waals surface area contributed by atoms with Gasteiger partial charge in [0, 0.05) is 4.88 Å². The largest absolute Gasteiger partial charge is 0.423 e. The minimum atomic E-state index is -0.406. The van der Waals surface area contributed by atoms with Gasteiger partial charge < -0.3 is 15.4 Å². The molecule has 0 saturated heterocycles. The molecule has 0 radical (unpaired) electrons. The van der Waals surface area contributed by atoms with Crippen LogP contribution in [0.25, 0.3) is 0 Å². The molecular formula is C28H30N2O3S. The van der Waals surface area contributed by atoms with E-state index >= 15 is 0 Å². The van der Waals surface area contributed by atoms with Gasteiger partial charge in [-0.3, -0.25) is 4.79 Å². The quantitative estimate of drug-likeness (QED) is 0.333. The Balaban J connectivity index is 1.35. The Kier molecular flexibility index (Phi) is 5.94. The molecular weight excluding hydrogens is 444 g/mol. The number of hydrogen-bond donors (Lipinski definition) is 2. The van der Waals surface area contributed by atoms with Crippen molar-refractivity contribution in [1.82, 2.24) is 5.32 Å². The average molecular weight is 475 g/mol. The van der Waals surface area contributed by atoms with Crippen LogP contribution in [-0.2, 0) is 12.8 Å². The van der Waals surface area contributed by atoms with E-state index in [9.17, 15) is 9.59 Å². The van der Waals surface area contributed by atoms with Crippen LogP contribution in [0.3, 0.4) is 0 Å². The van der Waals surface area contributed by atoms with Crippen molar-refractivity contribution in [2.45, 2.75) is 52.6 Å². The van der Waals surface area contributed by atoms with E-state index < -0.39 is 5.97 Å². The number of amides is 1. The average Bonchev–Trinajstić information content (AvgIpc) is 3.23. The zero-order valence-electron chi connectivity index (χ0n) is 19.8. The second-order valence-corrected chi connectivity index (χ2v) is 11.0. The van der Waals surface area contributed by atoms with Gasteiger partial charge in [-0.15, -0.1) is 11.3 Å². The maximum absolute atomic E-state index is 13.2. The van der Waals surface area contributed by atoms with E-state index in [4.69, 9.17) is 4.74 Å². The predicted molar refractivity (Wildman–Crippen MR) is 136 cm³/mol. The molecule has 0 saturated carbocycles. The zero-order valence-corrected chi connectivity index (χ0v) is 20.6. The van der Waals surface area contributed by atoms with Crippen molar-refractivity contribution in [2.75, 3.05) is 5.32 Å². The maximum Gasteiger partial charge on any atom is 0.343 e. The van der Waals surface area contributed by atoms with Crippen molar-refractivity contribution < 1.29 is 14.3 Å². The summed E-state index contributed by atoms with van der Waals surface area (Å²) in [5, 5.41) is 7.58. The lowest BCUT2D eigenvalue weighted by atomic mass is 9.69. The van der Waals surface area contributed by atoms with Gasteiger partial charge >= 0.3 is 5.97 Å². The number of fused-ring (bicyclic) bond motifs is 3. The van der Waals surface area contributed by atoms with Crippen LogP contribution in [-0.4, -0.2) is 11.9 Å². The van der Waals surface area contributed by atoms with Crippen LogP contribution >= 0.6 is 11.3 Å². The van der Waals surface area contributed by atoms with Crippen molar-refractivity contribution in [3.8, 4) is 5.75 Å². The van der Waals surface area contributed by atoms with Crippen molar-refractivity contribution in [1.29, 1.82) is 0 Å². The third-order valence-corrected chi connectivity index (χ3v) is 8.66. The molecule has 6 heteroatoms. The fourth-order valence-electron chi connectivity index (χ4n) is 4.92. The number of esters is 1. The highest BCUT2D eigenvalue weighted by molar-refractivity contribution is 7.16. The molecule has 2 aromatic carbocycles. The molecule has 0 unspecified atom stereocenters. The molecule has 0 fully saturated rings. The van der Waals surface area contributed by atoms with E-state index in [1.54, 1.807) is 47.7 Å². The number of thiophene rings is 1. The van der Waals surface area contributed by atoms with Gasteiger partial charge in [-0.05, 0) is 66.0 Å². The Labute approximate surface area is 204 Å². The lowest BCUT2D eigenvalue weighted by Gasteiger charge is -2.36. The number of rotatable bonds is 5. The summed E-state index contributed by atoms with van der Waals surface area (Å²) in [6.07, 6.45) is 3.91. The molecule has 1 aliphatic heterocycles. The van der Waals surface area contributed by atoms with Crippen LogP contribution in [0, 0.1) is 11.3 Å². The molecule has 5 rings (SSSR count). The minimum Gasteiger partial charge on any atom is -0.423 e. The van der Waals surface area contributed by atoms with Crippen molar-refractivity contribution >= 4 is 28.2 Å². The van der Waals surface area contributed by atoms with Crippen LogP contribution in [0.5, 0.6) is 5.75 Å². The highest BCUT2D eigenvalue weighted by atomic mass is 32.1. The molecule has 1 aromatic heterocycles. The van der Waals surface area contributed by atoms with E-state index in [0.29, 0.717) is 22.6 Å². The lowest BCUT2D eigenvalue weighted by Crippen LogP contribution is -2.38. The normalized spacial score (nSPS) is 19.4. The van der Waals surface area contributed by atoms with Gasteiger partial charge in [0.15, 0.2) is 0 Å². The molecule has 1 aliphatic carbocycles. The van der Waals surface area contributed by atoms with E-state index in [0.717, 1.165) is 41.8 Å². The first-order valence-corrected chi connectivity index (χ1v) is 12.8. The van der Waals surface area contributed by atoms with E-state index in [-0.39, 0.29) is 12.1 Å². The van der Waals surface area contributed by atoms with Crippen LogP contribution in [0.4, 0.5) is 5.00 Å².